The molecule has 0 bridgehead atoms. The average molecular weight is 264 g/mol. The zero-order valence-electron chi connectivity index (χ0n) is 12.8. The molecule has 0 spiro atoms. The van der Waals surface area contributed by atoms with Gasteiger partial charge in [0, 0.05) is 13.2 Å². The number of aliphatic hydroxyl groups excluding tert-OH is 1. The fraction of sp³-hybridized carbons (Fsp3) is 0.812. The van der Waals surface area contributed by atoms with E-state index in [0.717, 1.165) is 19.3 Å². The van der Waals surface area contributed by atoms with Crippen molar-refractivity contribution in [2.75, 3.05) is 0 Å². The minimum atomic E-state index is -0.118. The van der Waals surface area contributed by atoms with Crippen LogP contribution in [0.25, 0.3) is 0 Å². The van der Waals surface area contributed by atoms with E-state index >= 15 is 0 Å². The first kappa shape index (κ1) is 14.6. The summed E-state index contributed by atoms with van der Waals surface area (Å²) in [6.45, 7) is 6.88. The first-order valence-corrected chi connectivity index (χ1v) is 7.54. The van der Waals surface area contributed by atoms with Gasteiger partial charge >= 0.3 is 0 Å². The van der Waals surface area contributed by atoms with Gasteiger partial charge in [-0.25, -0.2) is 0 Å². The van der Waals surface area contributed by atoms with Gasteiger partial charge in [0.2, 0.25) is 0 Å². The predicted octanol–water partition coefficient (Wildman–Crippen LogP) is 3.18. The van der Waals surface area contributed by atoms with Gasteiger partial charge in [-0.2, -0.15) is 5.10 Å². The number of aryl methyl sites for hydroxylation is 2. The van der Waals surface area contributed by atoms with E-state index in [1.807, 2.05) is 17.9 Å². The zero-order valence-corrected chi connectivity index (χ0v) is 12.8. The molecule has 0 aromatic carbocycles. The van der Waals surface area contributed by atoms with E-state index in [1.54, 1.807) is 0 Å². The van der Waals surface area contributed by atoms with Crippen LogP contribution in [0.15, 0.2) is 12.4 Å². The van der Waals surface area contributed by atoms with Crippen molar-refractivity contribution in [2.24, 2.45) is 24.3 Å². The first-order chi connectivity index (χ1) is 8.88. The molecule has 108 valence electrons. The molecule has 3 heteroatoms. The van der Waals surface area contributed by atoms with Crippen molar-refractivity contribution >= 4 is 0 Å². The molecule has 1 saturated carbocycles. The summed E-state index contributed by atoms with van der Waals surface area (Å²) in [5.41, 5.74) is 1.50. The topological polar surface area (TPSA) is 38.0 Å². The van der Waals surface area contributed by atoms with Gasteiger partial charge in [-0.15, -0.1) is 0 Å². The lowest BCUT2D eigenvalue weighted by molar-refractivity contribution is -0.0158. The van der Waals surface area contributed by atoms with E-state index in [4.69, 9.17) is 0 Å². The Labute approximate surface area is 117 Å². The molecule has 2 rings (SSSR count). The van der Waals surface area contributed by atoms with E-state index in [0.29, 0.717) is 11.8 Å². The zero-order chi connectivity index (χ0) is 14.0. The maximum Gasteiger partial charge on any atom is 0.0576 e. The molecule has 1 aliphatic carbocycles. The molecule has 3 atom stereocenters. The molecule has 1 heterocycles. The number of aromatic nitrogens is 2. The Morgan fingerprint density at radius 2 is 2.16 bits per heavy atom. The molecular formula is C16H28N2O. The largest absolute Gasteiger partial charge is 0.393 e. The molecule has 0 aliphatic heterocycles. The Morgan fingerprint density at radius 1 is 1.42 bits per heavy atom. The van der Waals surface area contributed by atoms with Crippen LogP contribution < -0.4 is 0 Å². The van der Waals surface area contributed by atoms with Crippen molar-refractivity contribution < 1.29 is 5.11 Å². The highest BCUT2D eigenvalue weighted by Gasteiger charge is 2.37. The molecule has 1 N–H and O–H groups in total. The van der Waals surface area contributed by atoms with E-state index in [-0.39, 0.29) is 11.5 Å². The molecule has 0 amide bonds. The minimum absolute atomic E-state index is 0.118. The maximum absolute atomic E-state index is 10.4. The molecule has 1 aliphatic rings. The van der Waals surface area contributed by atoms with E-state index < -0.39 is 0 Å². The molecule has 1 aromatic heterocycles. The summed E-state index contributed by atoms with van der Waals surface area (Å²) >= 11 is 0. The van der Waals surface area contributed by atoms with Crippen LogP contribution in [0.5, 0.6) is 0 Å². The number of rotatable bonds is 4. The Balaban J connectivity index is 1.93. The Morgan fingerprint density at radius 3 is 2.74 bits per heavy atom. The highest BCUT2D eigenvalue weighted by atomic mass is 16.3. The Bertz CT molecular complexity index is 411. The molecule has 0 radical (unpaired) electrons. The number of hydrogen-bond donors (Lipinski definition) is 1. The summed E-state index contributed by atoms with van der Waals surface area (Å²) in [6.07, 6.45) is 9.51. The van der Waals surface area contributed by atoms with Crippen molar-refractivity contribution in [1.29, 1.82) is 0 Å². The third-order valence-corrected chi connectivity index (χ3v) is 4.90. The van der Waals surface area contributed by atoms with E-state index in [9.17, 15) is 5.11 Å². The third kappa shape index (κ3) is 3.59. The SMILES string of the molecule is CC1CCC(C(C)(C)CCc2cnn(C)c2)C(O)C1. The normalized spacial score (nSPS) is 28.6. The number of aliphatic hydroxyl groups is 1. The number of hydrogen-bond acceptors (Lipinski definition) is 2. The quantitative estimate of drug-likeness (QED) is 0.907. The van der Waals surface area contributed by atoms with Crippen LogP contribution >= 0.6 is 0 Å². The lowest BCUT2D eigenvalue weighted by atomic mass is 9.65. The third-order valence-electron chi connectivity index (χ3n) is 4.90. The first-order valence-electron chi connectivity index (χ1n) is 7.54. The molecule has 19 heavy (non-hydrogen) atoms. The molecular weight excluding hydrogens is 236 g/mol. The smallest absolute Gasteiger partial charge is 0.0576 e. The van der Waals surface area contributed by atoms with Crippen LogP contribution in [0, 0.1) is 17.3 Å². The summed E-state index contributed by atoms with van der Waals surface area (Å²) < 4.78 is 1.86. The van der Waals surface area contributed by atoms with E-state index in [1.165, 1.54) is 18.4 Å². The van der Waals surface area contributed by atoms with Crippen LogP contribution in [0.1, 0.15) is 52.0 Å². The lowest BCUT2D eigenvalue weighted by Crippen LogP contribution is -2.38. The van der Waals surface area contributed by atoms with Crippen molar-refractivity contribution in [2.45, 2.75) is 59.0 Å². The van der Waals surface area contributed by atoms with Crippen molar-refractivity contribution in [3.05, 3.63) is 18.0 Å². The minimum Gasteiger partial charge on any atom is -0.393 e. The highest BCUT2D eigenvalue weighted by Crippen LogP contribution is 2.42. The summed E-state index contributed by atoms with van der Waals surface area (Å²) in [6, 6.07) is 0. The van der Waals surface area contributed by atoms with Gasteiger partial charge < -0.3 is 5.11 Å². The molecule has 0 saturated heterocycles. The molecule has 3 nitrogen and oxygen atoms in total. The predicted molar refractivity (Wildman–Crippen MR) is 77.8 cm³/mol. The van der Waals surface area contributed by atoms with Crippen LogP contribution in [0.4, 0.5) is 0 Å². The monoisotopic (exact) mass is 264 g/mol. The average Bonchev–Trinajstić information content (AvgIpc) is 2.72. The highest BCUT2D eigenvalue weighted by molar-refractivity contribution is 5.04. The summed E-state index contributed by atoms with van der Waals surface area (Å²) in [5.74, 6) is 1.13. The van der Waals surface area contributed by atoms with E-state index in [2.05, 4.69) is 32.1 Å². The van der Waals surface area contributed by atoms with Gasteiger partial charge in [0.15, 0.2) is 0 Å². The van der Waals surface area contributed by atoms with Gasteiger partial charge in [0.1, 0.15) is 0 Å². The maximum atomic E-state index is 10.4. The lowest BCUT2D eigenvalue weighted by Gasteiger charge is -2.42. The van der Waals surface area contributed by atoms with Gasteiger partial charge in [0.25, 0.3) is 0 Å². The second-order valence-corrected chi connectivity index (χ2v) is 7.10. The van der Waals surface area contributed by atoms with Crippen LogP contribution in [-0.4, -0.2) is 21.0 Å². The fourth-order valence-corrected chi connectivity index (χ4v) is 3.52. The summed E-state index contributed by atoms with van der Waals surface area (Å²) in [4.78, 5) is 0. The molecule has 3 unspecified atom stereocenters. The fourth-order valence-electron chi connectivity index (χ4n) is 3.52. The molecule has 1 aromatic rings. The van der Waals surface area contributed by atoms with Gasteiger partial charge in [-0.1, -0.05) is 27.2 Å². The Kier molecular flexibility index (Phi) is 4.34. The van der Waals surface area contributed by atoms with Crippen LogP contribution in [0.2, 0.25) is 0 Å². The van der Waals surface area contributed by atoms with Crippen molar-refractivity contribution in [3.63, 3.8) is 0 Å². The Hall–Kier alpha value is -0.830. The standard InChI is InChI=1S/C16H28N2O/c1-12-5-6-14(15(19)9-12)16(2,3)8-7-13-10-17-18(4)11-13/h10-12,14-15,19H,5-9H2,1-4H3. The molecule has 1 fully saturated rings. The number of nitrogens with zero attached hydrogens (tertiary/aromatic N) is 2. The van der Waals surface area contributed by atoms with Crippen molar-refractivity contribution in [1.82, 2.24) is 9.78 Å². The van der Waals surface area contributed by atoms with Crippen molar-refractivity contribution in [3.8, 4) is 0 Å². The second kappa shape index (κ2) is 5.66. The van der Waals surface area contributed by atoms with Gasteiger partial charge in [-0.3, -0.25) is 4.68 Å². The second-order valence-electron chi connectivity index (χ2n) is 7.10. The summed E-state index contributed by atoms with van der Waals surface area (Å²) in [5, 5.41) is 14.6. The van der Waals surface area contributed by atoms with Crippen LogP contribution in [0.3, 0.4) is 0 Å². The van der Waals surface area contributed by atoms with Gasteiger partial charge in [-0.05, 0) is 48.5 Å². The summed E-state index contributed by atoms with van der Waals surface area (Å²) in [7, 11) is 1.96. The van der Waals surface area contributed by atoms with Crippen LogP contribution in [-0.2, 0) is 13.5 Å². The van der Waals surface area contributed by atoms with Gasteiger partial charge in [0.05, 0.1) is 12.3 Å².